The monoisotopic (exact) mass is 267 g/mol. The first-order valence-corrected chi connectivity index (χ1v) is 7.11. The number of carbonyl (C=O) groups is 3. The van der Waals surface area contributed by atoms with Crippen LogP contribution in [0, 0.1) is 5.41 Å². The van der Waals surface area contributed by atoms with E-state index < -0.39 is 23.2 Å². The molecule has 0 atom stereocenters. The van der Waals surface area contributed by atoms with Crippen LogP contribution in [0.25, 0.3) is 0 Å². The summed E-state index contributed by atoms with van der Waals surface area (Å²) in [5, 5.41) is 0.659. The summed E-state index contributed by atoms with van der Waals surface area (Å²) in [5.74, 6) is -1.25. The first kappa shape index (κ1) is 14.0. The van der Waals surface area contributed by atoms with E-state index in [9.17, 15) is 14.4 Å². The van der Waals surface area contributed by atoms with E-state index in [4.69, 9.17) is 4.84 Å². The van der Waals surface area contributed by atoms with Gasteiger partial charge in [0.2, 0.25) is 0 Å². The molecule has 5 heteroatoms. The molecule has 1 saturated heterocycles. The minimum absolute atomic E-state index is 0.142. The summed E-state index contributed by atoms with van der Waals surface area (Å²) in [5.41, 5.74) is -0.566. The van der Waals surface area contributed by atoms with Gasteiger partial charge in [0.25, 0.3) is 11.8 Å². The van der Waals surface area contributed by atoms with Gasteiger partial charge in [0.05, 0.1) is 5.41 Å². The molecule has 0 N–H and O–H groups in total. The van der Waals surface area contributed by atoms with Gasteiger partial charge in [-0.15, -0.1) is 5.06 Å². The Morgan fingerprint density at radius 1 is 1.00 bits per heavy atom. The van der Waals surface area contributed by atoms with Crippen molar-refractivity contribution < 1.29 is 19.2 Å². The third-order valence-electron chi connectivity index (χ3n) is 4.13. The molecule has 0 spiro atoms. The molecule has 19 heavy (non-hydrogen) atoms. The molecule has 0 unspecified atom stereocenters. The minimum atomic E-state index is -0.566. The largest absolute Gasteiger partial charge is 0.338 e. The van der Waals surface area contributed by atoms with Crippen molar-refractivity contribution in [1.29, 1.82) is 0 Å². The molecular weight excluding hydrogens is 246 g/mol. The smallest absolute Gasteiger partial charge is 0.330 e. The van der Waals surface area contributed by atoms with E-state index in [-0.39, 0.29) is 12.8 Å². The second kappa shape index (κ2) is 5.72. The molecule has 0 bridgehead atoms. The maximum absolute atomic E-state index is 12.3. The summed E-state index contributed by atoms with van der Waals surface area (Å²) in [6.07, 6.45) is 7.28. The Labute approximate surface area is 113 Å². The zero-order valence-electron chi connectivity index (χ0n) is 11.4. The Kier molecular flexibility index (Phi) is 4.22. The average Bonchev–Trinajstić information content (AvgIpc) is 2.66. The maximum Gasteiger partial charge on any atom is 0.338 e. The molecule has 0 radical (unpaired) electrons. The molecule has 5 nitrogen and oxygen atoms in total. The maximum atomic E-state index is 12.3. The molecular formula is C14H21NO4. The summed E-state index contributed by atoms with van der Waals surface area (Å²) in [6.45, 7) is 1.88. The van der Waals surface area contributed by atoms with Crippen LogP contribution in [0.15, 0.2) is 0 Å². The van der Waals surface area contributed by atoms with Gasteiger partial charge in [0.15, 0.2) is 0 Å². The van der Waals surface area contributed by atoms with Gasteiger partial charge in [-0.25, -0.2) is 4.79 Å². The van der Waals surface area contributed by atoms with E-state index in [1.165, 1.54) is 6.42 Å². The molecule has 1 saturated carbocycles. The van der Waals surface area contributed by atoms with Crippen LogP contribution in [-0.4, -0.2) is 22.8 Å². The normalized spacial score (nSPS) is 23.9. The molecule has 0 aromatic heterocycles. The molecule has 106 valence electrons. The van der Waals surface area contributed by atoms with Crippen LogP contribution in [0.4, 0.5) is 0 Å². The number of hydrogen-bond acceptors (Lipinski definition) is 4. The van der Waals surface area contributed by atoms with Gasteiger partial charge < -0.3 is 4.84 Å². The number of hydroxylamine groups is 2. The van der Waals surface area contributed by atoms with Gasteiger partial charge in [-0.05, 0) is 19.8 Å². The van der Waals surface area contributed by atoms with Crippen molar-refractivity contribution in [2.24, 2.45) is 5.41 Å². The Hall–Kier alpha value is -1.39. The molecule has 0 aromatic rings. The molecule has 0 aromatic carbocycles. The number of amides is 2. The highest BCUT2D eigenvalue weighted by Crippen LogP contribution is 2.35. The van der Waals surface area contributed by atoms with Gasteiger partial charge in [-0.2, -0.15) is 0 Å². The van der Waals surface area contributed by atoms with Gasteiger partial charge in [0, 0.05) is 12.8 Å². The zero-order valence-corrected chi connectivity index (χ0v) is 11.4. The van der Waals surface area contributed by atoms with Crippen LogP contribution in [0.3, 0.4) is 0 Å². The summed E-state index contributed by atoms with van der Waals surface area (Å²) in [4.78, 5) is 40.2. The second-order valence-corrected chi connectivity index (χ2v) is 5.79. The fraction of sp³-hybridized carbons (Fsp3) is 0.786. The lowest BCUT2D eigenvalue weighted by Crippen LogP contribution is -2.39. The van der Waals surface area contributed by atoms with Crippen LogP contribution < -0.4 is 0 Å². The van der Waals surface area contributed by atoms with Crippen LogP contribution in [-0.2, 0) is 19.2 Å². The predicted octanol–water partition coefficient (Wildman–Crippen LogP) is 2.34. The second-order valence-electron chi connectivity index (χ2n) is 5.79. The SMILES string of the molecule is CC1(C(=O)ON2C(=O)CCC2=O)CCCCCCC1. The van der Waals surface area contributed by atoms with Crippen molar-refractivity contribution in [3.05, 3.63) is 0 Å². The first-order chi connectivity index (χ1) is 9.03. The Balaban J connectivity index is 2.00. The van der Waals surface area contributed by atoms with E-state index in [1.807, 2.05) is 6.92 Å². The quantitative estimate of drug-likeness (QED) is 0.720. The minimum Gasteiger partial charge on any atom is -0.330 e. The van der Waals surface area contributed by atoms with Crippen LogP contribution >= 0.6 is 0 Å². The zero-order chi connectivity index (χ0) is 13.9. The summed E-state index contributed by atoms with van der Waals surface area (Å²) < 4.78 is 0. The standard InChI is InChI=1S/C14H21NO4/c1-14(9-5-3-2-4-6-10-14)13(18)19-15-11(16)7-8-12(15)17/h2-10H2,1H3. The molecule has 2 rings (SSSR count). The third-order valence-corrected chi connectivity index (χ3v) is 4.13. The summed E-state index contributed by atoms with van der Waals surface area (Å²) in [6, 6.07) is 0. The van der Waals surface area contributed by atoms with E-state index in [2.05, 4.69) is 0 Å². The van der Waals surface area contributed by atoms with Crippen molar-refractivity contribution in [1.82, 2.24) is 5.06 Å². The molecule has 1 aliphatic carbocycles. The predicted molar refractivity (Wildman–Crippen MR) is 67.6 cm³/mol. The summed E-state index contributed by atoms with van der Waals surface area (Å²) >= 11 is 0. The molecule has 2 amide bonds. The molecule has 1 aliphatic heterocycles. The van der Waals surface area contributed by atoms with Crippen molar-refractivity contribution in [2.75, 3.05) is 0 Å². The van der Waals surface area contributed by atoms with E-state index in [0.717, 1.165) is 38.5 Å². The number of rotatable bonds is 2. The van der Waals surface area contributed by atoms with E-state index in [0.29, 0.717) is 5.06 Å². The number of carbonyl (C=O) groups excluding carboxylic acids is 3. The van der Waals surface area contributed by atoms with Crippen LogP contribution in [0.5, 0.6) is 0 Å². The molecule has 2 aliphatic rings. The fourth-order valence-electron chi connectivity index (χ4n) is 2.74. The van der Waals surface area contributed by atoms with Crippen molar-refractivity contribution >= 4 is 17.8 Å². The van der Waals surface area contributed by atoms with Gasteiger partial charge in [0.1, 0.15) is 0 Å². The molecule has 1 heterocycles. The number of hydrogen-bond donors (Lipinski definition) is 0. The Morgan fingerprint density at radius 2 is 1.47 bits per heavy atom. The van der Waals surface area contributed by atoms with E-state index in [1.54, 1.807) is 0 Å². The van der Waals surface area contributed by atoms with E-state index >= 15 is 0 Å². The lowest BCUT2D eigenvalue weighted by atomic mass is 9.78. The summed E-state index contributed by atoms with van der Waals surface area (Å²) in [7, 11) is 0. The highest BCUT2D eigenvalue weighted by molar-refractivity contribution is 6.01. The fourth-order valence-corrected chi connectivity index (χ4v) is 2.74. The Morgan fingerprint density at radius 3 is 2.00 bits per heavy atom. The number of imide groups is 1. The highest BCUT2D eigenvalue weighted by atomic mass is 16.7. The van der Waals surface area contributed by atoms with Crippen LogP contribution in [0.1, 0.15) is 64.7 Å². The highest BCUT2D eigenvalue weighted by Gasteiger charge is 2.40. The van der Waals surface area contributed by atoms with Crippen molar-refractivity contribution in [2.45, 2.75) is 64.7 Å². The molecule has 2 fully saturated rings. The van der Waals surface area contributed by atoms with Crippen LogP contribution in [0.2, 0.25) is 0 Å². The Bertz CT molecular complexity index is 367. The van der Waals surface area contributed by atoms with Crippen molar-refractivity contribution in [3.8, 4) is 0 Å². The van der Waals surface area contributed by atoms with Gasteiger partial charge in [-0.3, -0.25) is 9.59 Å². The van der Waals surface area contributed by atoms with Gasteiger partial charge >= 0.3 is 5.97 Å². The van der Waals surface area contributed by atoms with Crippen molar-refractivity contribution in [3.63, 3.8) is 0 Å². The topological polar surface area (TPSA) is 63.7 Å². The lowest BCUT2D eigenvalue weighted by molar-refractivity contribution is -0.205. The average molecular weight is 267 g/mol. The third kappa shape index (κ3) is 3.14. The lowest BCUT2D eigenvalue weighted by Gasteiger charge is -2.29. The van der Waals surface area contributed by atoms with Gasteiger partial charge in [-0.1, -0.05) is 32.1 Å². The number of nitrogens with zero attached hydrogens (tertiary/aromatic N) is 1. The first-order valence-electron chi connectivity index (χ1n) is 7.11.